The van der Waals surface area contributed by atoms with Crippen LogP contribution in [0.25, 0.3) is 0 Å². The molecule has 2 aromatic carbocycles. The van der Waals surface area contributed by atoms with Crippen molar-refractivity contribution in [3.63, 3.8) is 0 Å². The minimum absolute atomic E-state index is 0.214. The zero-order valence-electron chi connectivity index (χ0n) is 15.6. The lowest BCUT2D eigenvalue weighted by Gasteiger charge is -2.22. The van der Waals surface area contributed by atoms with Crippen molar-refractivity contribution in [2.24, 2.45) is 0 Å². The molecule has 0 spiro atoms. The van der Waals surface area contributed by atoms with E-state index in [-0.39, 0.29) is 13.1 Å². The number of ether oxygens (including phenoxy) is 2. The normalized spacial score (nSPS) is 11.4. The van der Waals surface area contributed by atoms with Crippen LogP contribution >= 0.6 is 11.3 Å². The molecule has 7 heteroatoms. The van der Waals surface area contributed by atoms with Crippen LogP contribution in [0.3, 0.4) is 0 Å². The Balaban J connectivity index is 1.63. The molecular formula is C22H21NO5S. The van der Waals surface area contributed by atoms with Crippen molar-refractivity contribution >= 4 is 23.6 Å². The molecule has 1 heterocycles. The number of rotatable bonds is 8. The highest BCUT2D eigenvalue weighted by Crippen LogP contribution is 2.27. The van der Waals surface area contributed by atoms with E-state index in [0.29, 0.717) is 12.2 Å². The Kier molecular flexibility index (Phi) is 7.24. The molecule has 150 valence electrons. The third-order valence-corrected chi connectivity index (χ3v) is 5.16. The van der Waals surface area contributed by atoms with Gasteiger partial charge in [0.15, 0.2) is 0 Å². The summed E-state index contributed by atoms with van der Waals surface area (Å²) in [6.45, 7) is 0.479. The molecule has 0 aliphatic rings. The third-order valence-electron chi connectivity index (χ3n) is 4.19. The second-order valence-corrected chi connectivity index (χ2v) is 7.24. The second kappa shape index (κ2) is 10.3. The van der Waals surface area contributed by atoms with E-state index in [2.05, 4.69) is 0 Å². The molecule has 3 rings (SSSR count). The molecule has 0 saturated heterocycles. The predicted molar refractivity (Wildman–Crippen MR) is 110 cm³/mol. The zero-order chi connectivity index (χ0) is 20.5. The summed E-state index contributed by atoms with van der Waals surface area (Å²) in [5.74, 6) is 0.388. The molecule has 0 unspecified atom stereocenters. The Bertz CT molecular complexity index is 899. The van der Waals surface area contributed by atoms with Gasteiger partial charge in [-0.3, -0.25) is 0 Å². The minimum Gasteiger partial charge on any atom is -0.465 e. The van der Waals surface area contributed by atoms with Crippen LogP contribution in [0.1, 0.15) is 23.0 Å². The van der Waals surface area contributed by atoms with Crippen LogP contribution in [0, 0.1) is 0 Å². The van der Waals surface area contributed by atoms with Crippen LogP contribution in [-0.2, 0) is 11.3 Å². The summed E-state index contributed by atoms with van der Waals surface area (Å²) in [6, 6.07) is 21.7. The van der Waals surface area contributed by atoms with E-state index in [1.807, 2.05) is 53.9 Å². The number of amides is 1. The summed E-state index contributed by atoms with van der Waals surface area (Å²) >= 11 is 1.44. The Hall–Kier alpha value is -3.32. The first-order valence-corrected chi connectivity index (χ1v) is 9.98. The summed E-state index contributed by atoms with van der Waals surface area (Å²) in [6.07, 6.45) is -2.11. The van der Waals surface area contributed by atoms with Gasteiger partial charge in [-0.25, -0.2) is 9.59 Å². The smallest absolute Gasteiger partial charge is 0.465 e. The SMILES string of the molecule is O=C(Oc1ccccc1)O[C@@H](CCN(Cc1ccccc1)C(=O)O)c1cccs1. The van der Waals surface area contributed by atoms with E-state index >= 15 is 0 Å². The number of thiophene rings is 1. The number of carbonyl (C=O) groups excluding carboxylic acids is 1. The summed E-state index contributed by atoms with van der Waals surface area (Å²) in [5.41, 5.74) is 0.895. The average Bonchev–Trinajstić information content (AvgIpc) is 3.26. The van der Waals surface area contributed by atoms with E-state index in [9.17, 15) is 14.7 Å². The lowest BCUT2D eigenvalue weighted by atomic mass is 10.2. The molecule has 6 nitrogen and oxygen atoms in total. The van der Waals surface area contributed by atoms with Crippen molar-refractivity contribution in [1.82, 2.24) is 4.90 Å². The molecule has 0 fully saturated rings. The molecule has 1 atom stereocenters. The standard InChI is InChI=1S/C22H21NO5S/c24-21(25)23(16-17-8-3-1-4-9-17)14-13-19(20-12-7-15-29-20)28-22(26)27-18-10-5-2-6-11-18/h1-12,15,19H,13-14,16H2,(H,24,25)/t19-/m0/s1. The van der Waals surface area contributed by atoms with Gasteiger partial charge in [-0.2, -0.15) is 0 Å². The Morgan fingerprint density at radius 1 is 0.966 bits per heavy atom. The quantitative estimate of drug-likeness (QED) is 0.387. The zero-order valence-corrected chi connectivity index (χ0v) is 16.5. The van der Waals surface area contributed by atoms with Crippen molar-refractivity contribution in [2.45, 2.75) is 19.1 Å². The lowest BCUT2D eigenvalue weighted by Crippen LogP contribution is -2.31. The monoisotopic (exact) mass is 411 g/mol. The van der Waals surface area contributed by atoms with Gasteiger partial charge in [-0.05, 0) is 29.1 Å². The number of para-hydroxylation sites is 1. The van der Waals surface area contributed by atoms with Gasteiger partial charge >= 0.3 is 12.2 Å². The van der Waals surface area contributed by atoms with Gasteiger partial charge in [0.05, 0.1) is 0 Å². The van der Waals surface area contributed by atoms with E-state index in [0.717, 1.165) is 10.4 Å². The Morgan fingerprint density at radius 3 is 2.28 bits per heavy atom. The highest BCUT2D eigenvalue weighted by atomic mass is 32.1. The summed E-state index contributed by atoms with van der Waals surface area (Å²) in [4.78, 5) is 26.0. The second-order valence-electron chi connectivity index (χ2n) is 6.27. The summed E-state index contributed by atoms with van der Waals surface area (Å²) < 4.78 is 10.7. The maximum absolute atomic E-state index is 12.2. The minimum atomic E-state index is -1.02. The number of hydrogen-bond acceptors (Lipinski definition) is 5. The highest BCUT2D eigenvalue weighted by Gasteiger charge is 2.22. The topological polar surface area (TPSA) is 76.1 Å². The van der Waals surface area contributed by atoms with Crippen molar-refractivity contribution in [2.75, 3.05) is 6.54 Å². The summed E-state index contributed by atoms with van der Waals surface area (Å²) in [7, 11) is 0. The molecule has 1 amide bonds. The maximum Gasteiger partial charge on any atom is 0.514 e. The number of carbonyl (C=O) groups is 2. The van der Waals surface area contributed by atoms with Crippen molar-refractivity contribution in [3.05, 3.63) is 88.6 Å². The molecule has 1 N–H and O–H groups in total. The fourth-order valence-electron chi connectivity index (χ4n) is 2.78. The molecule has 0 radical (unpaired) electrons. The van der Waals surface area contributed by atoms with Crippen molar-refractivity contribution in [1.29, 1.82) is 0 Å². The van der Waals surface area contributed by atoms with Crippen LogP contribution in [0.15, 0.2) is 78.2 Å². The first-order valence-electron chi connectivity index (χ1n) is 9.10. The fraction of sp³-hybridized carbons (Fsp3) is 0.182. The largest absolute Gasteiger partial charge is 0.514 e. The first kappa shape index (κ1) is 20.4. The molecule has 1 aromatic heterocycles. The number of nitrogens with zero attached hydrogens (tertiary/aromatic N) is 1. The third kappa shape index (κ3) is 6.36. The molecule has 29 heavy (non-hydrogen) atoms. The number of carboxylic acid groups (broad SMARTS) is 1. The highest BCUT2D eigenvalue weighted by molar-refractivity contribution is 7.10. The van der Waals surface area contributed by atoms with Crippen LogP contribution in [-0.4, -0.2) is 28.8 Å². The lowest BCUT2D eigenvalue weighted by molar-refractivity contribution is 0.0500. The molecule has 3 aromatic rings. The molecule has 0 saturated carbocycles. The van der Waals surface area contributed by atoms with Crippen LogP contribution in [0.2, 0.25) is 0 Å². The predicted octanol–water partition coefficient (Wildman–Crippen LogP) is 5.58. The van der Waals surface area contributed by atoms with Crippen molar-refractivity contribution < 1.29 is 24.2 Å². The molecular weight excluding hydrogens is 390 g/mol. The first-order chi connectivity index (χ1) is 14.1. The van der Waals surface area contributed by atoms with Gasteiger partial charge < -0.3 is 19.5 Å². The van der Waals surface area contributed by atoms with Crippen LogP contribution in [0.5, 0.6) is 5.75 Å². The van der Waals surface area contributed by atoms with E-state index in [4.69, 9.17) is 9.47 Å². The van der Waals surface area contributed by atoms with E-state index in [1.54, 1.807) is 24.3 Å². The van der Waals surface area contributed by atoms with Crippen LogP contribution < -0.4 is 4.74 Å². The van der Waals surface area contributed by atoms with Gasteiger partial charge in [-0.15, -0.1) is 11.3 Å². The van der Waals surface area contributed by atoms with Gasteiger partial charge in [0.1, 0.15) is 11.9 Å². The van der Waals surface area contributed by atoms with E-state index in [1.165, 1.54) is 16.2 Å². The van der Waals surface area contributed by atoms with Gasteiger partial charge in [-0.1, -0.05) is 54.6 Å². The average molecular weight is 411 g/mol. The van der Waals surface area contributed by atoms with Crippen molar-refractivity contribution in [3.8, 4) is 5.75 Å². The van der Waals surface area contributed by atoms with Gasteiger partial charge in [0.2, 0.25) is 0 Å². The van der Waals surface area contributed by atoms with Gasteiger partial charge in [0, 0.05) is 24.4 Å². The fourth-order valence-corrected chi connectivity index (χ4v) is 3.57. The maximum atomic E-state index is 12.2. The van der Waals surface area contributed by atoms with Gasteiger partial charge in [0.25, 0.3) is 0 Å². The molecule has 0 aliphatic carbocycles. The molecule has 0 bridgehead atoms. The number of hydrogen-bond donors (Lipinski definition) is 1. The van der Waals surface area contributed by atoms with E-state index < -0.39 is 18.4 Å². The summed E-state index contributed by atoms with van der Waals surface area (Å²) in [5, 5.41) is 11.4. The number of benzene rings is 2. The Labute approximate surface area is 172 Å². The Morgan fingerprint density at radius 2 is 1.66 bits per heavy atom. The molecule has 0 aliphatic heterocycles. The van der Waals surface area contributed by atoms with Crippen LogP contribution in [0.4, 0.5) is 9.59 Å².